The van der Waals surface area contributed by atoms with Gasteiger partial charge in [-0.25, -0.2) is 22.0 Å². The zero-order valence-corrected chi connectivity index (χ0v) is 20.6. The second kappa shape index (κ2) is 12.4. The number of ether oxygens (including phenoxy) is 3. The lowest BCUT2D eigenvalue weighted by Gasteiger charge is -2.17. The summed E-state index contributed by atoms with van der Waals surface area (Å²) in [6.07, 6.45) is 1.01. The van der Waals surface area contributed by atoms with E-state index in [4.69, 9.17) is 19.9 Å². The van der Waals surface area contributed by atoms with E-state index in [-0.39, 0.29) is 33.8 Å². The van der Waals surface area contributed by atoms with Crippen LogP contribution >= 0.6 is 0 Å². The molecule has 0 amide bonds. The van der Waals surface area contributed by atoms with Crippen molar-refractivity contribution in [2.24, 2.45) is 5.73 Å². The van der Waals surface area contributed by atoms with Crippen LogP contribution in [0.2, 0.25) is 0 Å². The van der Waals surface area contributed by atoms with Crippen molar-refractivity contribution in [2.75, 3.05) is 26.1 Å². The zero-order valence-electron chi connectivity index (χ0n) is 19.7. The summed E-state index contributed by atoms with van der Waals surface area (Å²) in [6, 6.07) is 6.57. The fraction of sp³-hybridized carbons (Fsp3) is 0.292. The molecule has 0 unspecified atom stereocenters. The highest BCUT2D eigenvalue weighted by Gasteiger charge is 2.25. The standard InChI is InChI=1S/C24H25F2NO8S/c1-4-33-23(29)21(27)13-35-24(30)22(16-7-10-19(25)20(26)11-16)18(12-34-14(2)28)15-5-8-17(9-6-15)36(3,31)32/h5-11,21H,4,12-13,27H2,1-3H3/b22-18+/t21-/m0/s1. The van der Waals surface area contributed by atoms with Gasteiger partial charge < -0.3 is 19.9 Å². The van der Waals surface area contributed by atoms with Crippen molar-refractivity contribution in [3.8, 4) is 0 Å². The fourth-order valence-electron chi connectivity index (χ4n) is 3.00. The molecule has 2 aromatic rings. The van der Waals surface area contributed by atoms with E-state index in [0.29, 0.717) is 0 Å². The molecule has 0 aliphatic heterocycles. The van der Waals surface area contributed by atoms with Crippen LogP contribution in [0, 0.1) is 11.6 Å². The van der Waals surface area contributed by atoms with Gasteiger partial charge in [0.25, 0.3) is 0 Å². The first kappa shape index (κ1) is 28.6. The van der Waals surface area contributed by atoms with E-state index in [9.17, 15) is 31.6 Å². The van der Waals surface area contributed by atoms with Crippen LogP contribution in [0.4, 0.5) is 8.78 Å². The average molecular weight is 526 g/mol. The first-order chi connectivity index (χ1) is 16.8. The zero-order chi connectivity index (χ0) is 27.0. The first-order valence-corrected chi connectivity index (χ1v) is 12.5. The Morgan fingerprint density at radius 3 is 2.08 bits per heavy atom. The maximum absolute atomic E-state index is 14.1. The fourth-order valence-corrected chi connectivity index (χ4v) is 3.63. The predicted molar refractivity (Wildman–Crippen MR) is 125 cm³/mol. The van der Waals surface area contributed by atoms with Gasteiger partial charge in [-0.2, -0.15) is 0 Å². The largest absolute Gasteiger partial charge is 0.465 e. The molecule has 0 aliphatic carbocycles. The number of hydrogen-bond donors (Lipinski definition) is 1. The molecular formula is C24H25F2NO8S. The molecular weight excluding hydrogens is 500 g/mol. The van der Waals surface area contributed by atoms with Crippen molar-refractivity contribution < 1.29 is 45.8 Å². The lowest BCUT2D eigenvalue weighted by Crippen LogP contribution is -2.37. The minimum Gasteiger partial charge on any atom is -0.465 e. The molecule has 2 N–H and O–H groups in total. The molecule has 2 aromatic carbocycles. The number of carbonyl (C=O) groups is 3. The van der Waals surface area contributed by atoms with E-state index in [1.54, 1.807) is 6.92 Å². The van der Waals surface area contributed by atoms with E-state index in [1.807, 2.05) is 0 Å². The molecule has 12 heteroatoms. The molecule has 0 heterocycles. The molecule has 9 nitrogen and oxygen atoms in total. The van der Waals surface area contributed by atoms with Crippen LogP contribution in [0.5, 0.6) is 0 Å². The molecule has 0 saturated heterocycles. The molecule has 194 valence electrons. The number of carbonyl (C=O) groups excluding carboxylic acids is 3. The monoisotopic (exact) mass is 525 g/mol. The SMILES string of the molecule is CCOC(=O)[C@@H](N)COC(=O)/C(=C(\COC(C)=O)c1ccc(S(C)(=O)=O)cc1)c1ccc(F)c(F)c1. The van der Waals surface area contributed by atoms with Crippen LogP contribution in [-0.2, 0) is 38.4 Å². The summed E-state index contributed by atoms with van der Waals surface area (Å²) >= 11 is 0. The van der Waals surface area contributed by atoms with Crippen LogP contribution in [0.15, 0.2) is 47.4 Å². The van der Waals surface area contributed by atoms with Gasteiger partial charge in [0.05, 0.1) is 17.1 Å². The van der Waals surface area contributed by atoms with Gasteiger partial charge in [0.15, 0.2) is 21.5 Å². The highest BCUT2D eigenvalue weighted by molar-refractivity contribution is 7.90. The maximum Gasteiger partial charge on any atom is 0.339 e. The second-order valence-corrected chi connectivity index (χ2v) is 9.53. The summed E-state index contributed by atoms with van der Waals surface area (Å²) in [5.41, 5.74) is 5.46. The van der Waals surface area contributed by atoms with Crippen molar-refractivity contribution >= 4 is 38.9 Å². The van der Waals surface area contributed by atoms with Gasteiger partial charge in [-0.1, -0.05) is 18.2 Å². The quantitative estimate of drug-likeness (QED) is 0.214. The van der Waals surface area contributed by atoms with Crippen molar-refractivity contribution in [3.05, 3.63) is 65.2 Å². The lowest BCUT2D eigenvalue weighted by atomic mass is 9.94. The number of esters is 3. The molecule has 36 heavy (non-hydrogen) atoms. The van der Waals surface area contributed by atoms with Crippen LogP contribution in [0.3, 0.4) is 0 Å². The molecule has 0 spiro atoms. The Balaban J connectivity index is 2.65. The molecule has 0 bridgehead atoms. The maximum atomic E-state index is 14.1. The van der Waals surface area contributed by atoms with Crippen LogP contribution < -0.4 is 5.73 Å². The summed E-state index contributed by atoms with van der Waals surface area (Å²) < 4.78 is 66.4. The van der Waals surface area contributed by atoms with Crippen LogP contribution in [0.25, 0.3) is 11.1 Å². The van der Waals surface area contributed by atoms with E-state index in [1.165, 1.54) is 24.3 Å². The third-order valence-electron chi connectivity index (χ3n) is 4.75. The van der Waals surface area contributed by atoms with Gasteiger partial charge >= 0.3 is 17.9 Å². The van der Waals surface area contributed by atoms with E-state index in [2.05, 4.69) is 0 Å². The summed E-state index contributed by atoms with van der Waals surface area (Å²) in [7, 11) is -3.54. The number of sulfone groups is 1. The Morgan fingerprint density at radius 1 is 0.944 bits per heavy atom. The Labute approximate surface area is 206 Å². The Morgan fingerprint density at radius 2 is 1.56 bits per heavy atom. The molecule has 1 atom stereocenters. The van der Waals surface area contributed by atoms with Gasteiger partial charge in [0.2, 0.25) is 0 Å². The van der Waals surface area contributed by atoms with Gasteiger partial charge in [0.1, 0.15) is 19.3 Å². The number of rotatable bonds is 10. The van der Waals surface area contributed by atoms with E-state index < -0.39 is 58.6 Å². The first-order valence-electron chi connectivity index (χ1n) is 10.6. The van der Waals surface area contributed by atoms with Crippen molar-refractivity contribution in [3.63, 3.8) is 0 Å². The molecule has 0 aliphatic rings. The summed E-state index contributed by atoms with van der Waals surface area (Å²) in [5, 5.41) is 0. The number of nitrogens with two attached hydrogens (primary N) is 1. The van der Waals surface area contributed by atoms with E-state index >= 15 is 0 Å². The number of benzene rings is 2. The van der Waals surface area contributed by atoms with Crippen molar-refractivity contribution in [1.82, 2.24) is 0 Å². The third kappa shape index (κ3) is 7.68. The number of hydrogen-bond acceptors (Lipinski definition) is 9. The Bertz CT molecular complexity index is 1270. The summed E-state index contributed by atoms with van der Waals surface area (Å²) in [5.74, 6) is -5.05. The van der Waals surface area contributed by atoms with Crippen LogP contribution in [0.1, 0.15) is 25.0 Å². The topological polar surface area (TPSA) is 139 Å². The smallest absolute Gasteiger partial charge is 0.339 e. The minimum atomic E-state index is -3.54. The van der Waals surface area contributed by atoms with Gasteiger partial charge in [-0.15, -0.1) is 0 Å². The lowest BCUT2D eigenvalue weighted by molar-refractivity contribution is -0.148. The highest BCUT2D eigenvalue weighted by atomic mass is 32.2. The van der Waals surface area contributed by atoms with E-state index in [0.717, 1.165) is 31.4 Å². The second-order valence-electron chi connectivity index (χ2n) is 7.52. The minimum absolute atomic E-state index is 0.00552. The van der Waals surface area contributed by atoms with Gasteiger partial charge in [-0.3, -0.25) is 9.59 Å². The average Bonchev–Trinajstić information content (AvgIpc) is 2.81. The molecule has 0 fully saturated rings. The highest BCUT2D eigenvalue weighted by Crippen LogP contribution is 2.30. The van der Waals surface area contributed by atoms with Crippen LogP contribution in [-0.4, -0.2) is 58.4 Å². The third-order valence-corrected chi connectivity index (χ3v) is 5.88. The Hall–Kier alpha value is -3.64. The van der Waals surface area contributed by atoms with Gasteiger partial charge in [-0.05, 0) is 42.3 Å². The number of halogens is 2. The molecule has 2 rings (SSSR count). The normalized spacial score (nSPS) is 12.8. The van der Waals surface area contributed by atoms with Crippen molar-refractivity contribution in [1.29, 1.82) is 0 Å². The predicted octanol–water partition coefficient (Wildman–Crippen LogP) is 2.28. The summed E-state index contributed by atoms with van der Waals surface area (Å²) in [6.45, 7) is 1.64. The van der Waals surface area contributed by atoms with Gasteiger partial charge in [0, 0.05) is 18.8 Å². The summed E-state index contributed by atoms with van der Waals surface area (Å²) in [4.78, 5) is 36.5. The Kier molecular flexibility index (Phi) is 9.82. The molecule has 0 radical (unpaired) electrons. The van der Waals surface area contributed by atoms with Crippen molar-refractivity contribution in [2.45, 2.75) is 24.8 Å². The molecule has 0 saturated carbocycles. The molecule has 0 aromatic heterocycles.